The Hall–Kier alpha value is -1.94. The van der Waals surface area contributed by atoms with Gasteiger partial charge in [0.05, 0.1) is 34.4 Å². The van der Waals surface area contributed by atoms with Crippen molar-refractivity contribution in [2.24, 2.45) is 10.5 Å². The van der Waals surface area contributed by atoms with E-state index in [0.717, 1.165) is 13.6 Å². The van der Waals surface area contributed by atoms with E-state index < -0.39 is 0 Å². The molecule has 176 valence electrons. The predicted molar refractivity (Wildman–Crippen MR) is 146 cm³/mol. The van der Waals surface area contributed by atoms with Crippen molar-refractivity contribution in [3.8, 4) is 11.5 Å². The maximum atomic E-state index is 13.3. The molecule has 0 aliphatic carbocycles. The molecule has 33 heavy (non-hydrogen) atoms. The van der Waals surface area contributed by atoms with Crippen molar-refractivity contribution in [3.63, 3.8) is 0 Å². The summed E-state index contributed by atoms with van der Waals surface area (Å²) < 4.78 is 14.7. The Morgan fingerprint density at radius 2 is 1.85 bits per heavy atom. The van der Waals surface area contributed by atoms with Gasteiger partial charge < -0.3 is 9.47 Å². The van der Waals surface area contributed by atoms with Crippen molar-refractivity contribution in [3.05, 3.63) is 60.1 Å². The summed E-state index contributed by atoms with van der Waals surface area (Å²) in [7, 11) is 1.61. The van der Waals surface area contributed by atoms with Gasteiger partial charge in [-0.2, -0.15) is 9.78 Å². The number of aromatic nitrogens is 2. The van der Waals surface area contributed by atoms with E-state index in [1.54, 1.807) is 19.4 Å². The number of ether oxygens (including phenoxy) is 2. The zero-order chi connectivity index (χ0) is 24.6. The SMILES string of the molecule is COc1cc(C=Nn2c(C(C)(C)C)nc3ccc(Br)cc3c2=O)cc(I)c1OCC(C)(C)C. The highest BCUT2D eigenvalue weighted by atomic mass is 127. The molecule has 0 saturated carbocycles. The maximum Gasteiger partial charge on any atom is 0.282 e. The van der Waals surface area contributed by atoms with E-state index in [-0.39, 0.29) is 16.4 Å². The number of fused-ring (bicyclic) bond motifs is 1. The molecule has 0 unspecified atom stereocenters. The zero-order valence-corrected chi connectivity index (χ0v) is 23.7. The molecule has 0 saturated heterocycles. The Labute approximate surface area is 216 Å². The minimum absolute atomic E-state index is 0.0246. The highest BCUT2D eigenvalue weighted by molar-refractivity contribution is 14.1. The molecule has 1 heterocycles. The fraction of sp³-hybridized carbons (Fsp3) is 0.400. The molecule has 0 aliphatic heterocycles. The standard InChI is InChI=1S/C25H29BrIN3O3/c1-24(2,3)14-33-21-18(27)10-15(11-20(21)32-7)13-28-30-22(31)17-12-16(26)8-9-19(17)29-23(30)25(4,5)6/h8-13H,14H2,1-7H3. The molecule has 8 heteroatoms. The van der Waals surface area contributed by atoms with Crippen LogP contribution in [0, 0.1) is 8.99 Å². The van der Waals surface area contributed by atoms with Gasteiger partial charge in [-0.3, -0.25) is 4.79 Å². The van der Waals surface area contributed by atoms with Crippen LogP contribution in [0.15, 0.2) is 44.7 Å². The van der Waals surface area contributed by atoms with Gasteiger partial charge in [-0.15, -0.1) is 0 Å². The second-order valence-corrected chi connectivity index (χ2v) is 12.2. The molecular weight excluding hydrogens is 597 g/mol. The zero-order valence-electron chi connectivity index (χ0n) is 20.0. The lowest BCUT2D eigenvalue weighted by atomic mass is 9.95. The van der Waals surface area contributed by atoms with Crippen LogP contribution in [0.2, 0.25) is 0 Å². The Kier molecular flexibility index (Phi) is 7.58. The van der Waals surface area contributed by atoms with Crippen LogP contribution in [0.25, 0.3) is 10.9 Å². The molecular formula is C25H29BrIN3O3. The van der Waals surface area contributed by atoms with Crippen LogP contribution < -0.4 is 15.0 Å². The van der Waals surface area contributed by atoms with Gasteiger partial charge in [-0.25, -0.2) is 4.98 Å². The van der Waals surface area contributed by atoms with Crippen LogP contribution >= 0.6 is 38.5 Å². The van der Waals surface area contributed by atoms with Crippen molar-refractivity contribution in [2.75, 3.05) is 13.7 Å². The molecule has 0 fully saturated rings. The first kappa shape index (κ1) is 25.7. The van der Waals surface area contributed by atoms with Crippen molar-refractivity contribution in [1.29, 1.82) is 0 Å². The van der Waals surface area contributed by atoms with Gasteiger partial charge in [0.1, 0.15) is 5.82 Å². The lowest BCUT2D eigenvalue weighted by Crippen LogP contribution is -2.29. The Balaban J connectivity index is 2.09. The summed E-state index contributed by atoms with van der Waals surface area (Å²) in [4.78, 5) is 18.1. The van der Waals surface area contributed by atoms with Gasteiger partial charge in [-0.05, 0) is 63.9 Å². The number of hydrogen-bond acceptors (Lipinski definition) is 5. The first-order valence-corrected chi connectivity index (χ1v) is 12.4. The molecule has 3 aromatic rings. The maximum absolute atomic E-state index is 13.3. The minimum atomic E-state index is -0.380. The van der Waals surface area contributed by atoms with E-state index in [2.05, 4.69) is 64.4 Å². The Morgan fingerprint density at radius 1 is 1.15 bits per heavy atom. The highest BCUT2D eigenvalue weighted by Crippen LogP contribution is 2.34. The average molecular weight is 626 g/mol. The summed E-state index contributed by atoms with van der Waals surface area (Å²) in [6, 6.07) is 9.31. The van der Waals surface area contributed by atoms with E-state index >= 15 is 0 Å². The third kappa shape index (κ3) is 6.15. The van der Waals surface area contributed by atoms with Crippen LogP contribution in [0.1, 0.15) is 52.9 Å². The molecule has 0 aliphatic rings. The summed E-state index contributed by atoms with van der Waals surface area (Å²) in [6.45, 7) is 13.0. The first-order valence-electron chi connectivity index (χ1n) is 10.6. The van der Waals surface area contributed by atoms with Crippen LogP contribution in [0.5, 0.6) is 11.5 Å². The second kappa shape index (κ2) is 9.74. The van der Waals surface area contributed by atoms with Gasteiger partial charge >= 0.3 is 0 Å². The van der Waals surface area contributed by atoms with Crippen LogP contribution in [0.4, 0.5) is 0 Å². The van der Waals surface area contributed by atoms with E-state index in [1.807, 2.05) is 45.0 Å². The summed E-state index contributed by atoms with van der Waals surface area (Å²) in [5.41, 5.74) is 0.872. The van der Waals surface area contributed by atoms with E-state index in [1.165, 1.54) is 4.68 Å². The molecule has 0 spiro atoms. The van der Waals surface area contributed by atoms with E-state index in [0.29, 0.717) is 34.8 Å². The number of nitrogens with zero attached hydrogens (tertiary/aromatic N) is 3. The smallest absolute Gasteiger partial charge is 0.282 e. The third-order valence-electron chi connectivity index (χ3n) is 4.70. The topological polar surface area (TPSA) is 65.7 Å². The molecule has 1 aromatic heterocycles. The monoisotopic (exact) mass is 625 g/mol. The summed E-state index contributed by atoms with van der Waals surface area (Å²) in [6.07, 6.45) is 1.65. The lowest BCUT2D eigenvalue weighted by Gasteiger charge is -2.21. The molecule has 2 aromatic carbocycles. The summed E-state index contributed by atoms with van der Waals surface area (Å²) in [5, 5.41) is 5.06. The van der Waals surface area contributed by atoms with E-state index in [4.69, 9.17) is 14.5 Å². The van der Waals surface area contributed by atoms with Gasteiger partial charge in [0, 0.05) is 9.89 Å². The fourth-order valence-electron chi connectivity index (χ4n) is 3.11. The van der Waals surface area contributed by atoms with Gasteiger partial charge in [-0.1, -0.05) is 57.5 Å². The van der Waals surface area contributed by atoms with Crippen molar-refractivity contribution >= 4 is 55.6 Å². The van der Waals surface area contributed by atoms with Gasteiger partial charge in [0.2, 0.25) is 0 Å². The summed E-state index contributed by atoms with van der Waals surface area (Å²) in [5.74, 6) is 1.91. The van der Waals surface area contributed by atoms with Crippen LogP contribution in [0.3, 0.4) is 0 Å². The molecule has 3 rings (SSSR count). The number of benzene rings is 2. The van der Waals surface area contributed by atoms with Gasteiger partial charge in [0.25, 0.3) is 5.56 Å². The number of rotatable bonds is 5. The molecule has 0 N–H and O–H groups in total. The average Bonchev–Trinajstić information content (AvgIpc) is 2.70. The van der Waals surface area contributed by atoms with Crippen LogP contribution in [-0.2, 0) is 5.41 Å². The van der Waals surface area contributed by atoms with Gasteiger partial charge in [0.15, 0.2) is 11.5 Å². The predicted octanol–water partition coefficient (Wildman–Crippen LogP) is 6.38. The second-order valence-electron chi connectivity index (χ2n) is 10.1. The minimum Gasteiger partial charge on any atom is -0.493 e. The fourth-order valence-corrected chi connectivity index (χ4v) is 4.25. The Morgan fingerprint density at radius 3 is 2.45 bits per heavy atom. The molecule has 0 radical (unpaired) electrons. The molecule has 6 nitrogen and oxygen atoms in total. The largest absolute Gasteiger partial charge is 0.493 e. The molecule has 0 amide bonds. The molecule has 0 atom stereocenters. The molecule has 0 bridgehead atoms. The van der Waals surface area contributed by atoms with Crippen LogP contribution in [-0.4, -0.2) is 29.6 Å². The number of halogens is 2. The third-order valence-corrected chi connectivity index (χ3v) is 6.00. The highest BCUT2D eigenvalue weighted by Gasteiger charge is 2.23. The number of methoxy groups -OCH3 is 1. The summed E-state index contributed by atoms with van der Waals surface area (Å²) >= 11 is 5.67. The van der Waals surface area contributed by atoms with Crippen molar-refractivity contribution < 1.29 is 9.47 Å². The quantitative estimate of drug-likeness (QED) is 0.244. The van der Waals surface area contributed by atoms with Crippen molar-refractivity contribution in [1.82, 2.24) is 9.66 Å². The van der Waals surface area contributed by atoms with E-state index in [9.17, 15) is 4.79 Å². The lowest BCUT2D eigenvalue weighted by molar-refractivity contribution is 0.190. The normalized spacial score (nSPS) is 12.5. The first-order chi connectivity index (χ1) is 15.3. The number of hydrogen-bond donors (Lipinski definition) is 0. The Bertz CT molecular complexity index is 1270. The van der Waals surface area contributed by atoms with Crippen molar-refractivity contribution in [2.45, 2.75) is 47.0 Å².